The maximum atomic E-state index is 12.8. The Morgan fingerprint density at radius 3 is 2.22 bits per heavy atom. The minimum atomic E-state index is -3.51. The number of anilines is 4. The first-order valence-corrected chi connectivity index (χ1v) is 13.2. The van der Waals surface area contributed by atoms with Crippen LogP contribution in [0, 0.1) is 10.1 Å². The molecule has 0 unspecified atom stereocenters. The van der Waals surface area contributed by atoms with Crippen LogP contribution in [0.1, 0.15) is 12.8 Å². The van der Waals surface area contributed by atoms with Gasteiger partial charge in [0, 0.05) is 49.0 Å². The lowest BCUT2D eigenvalue weighted by molar-refractivity contribution is -0.384. The lowest BCUT2D eigenvalue weighted by Crippen LogP contribution is -2.27. The summed E-state index contributed by atoms with van der Waals surface area (Å²) >= 11 is 3.47. The number of nitrogens with one attached hydrogen (secondary N) is 2. The molecule has 11 nitrogen and oxygen atoms in total. The molecule has 0 atom stereocenters. The molecule has 0 spiro atoms. The van der Waals surface area contributed by atoms with Gasteiger partial charge in [0.05, 0.1) is 25.2 Å². The van der Waals surface area contributed by atoms with E-state index in [1.807, 2.05) is 0 Å². The van der Waals surface area contributed by atoms with E-state index >= 15 is 0 Å². The number of aromatic nitrogens is 3. The second kappa shape index (κ2) is 9.76. The number of nitro benzene ring substituents is 1. The van der Waals surface area contributed by atoms with E-state index in [0.29, 0.717) is 45.7 Å². The van der Waals surface area contributed by atoms with Gasteiger partial charge in [0.1, 0.15) is 5.82 Å². The molecule has 0 bridgehead atoms. The van der Waals surface area contributed by atoms with Crippen molar-refractivity contribution in [2.24, 2.45) is 0 Å². The van der Waals surface area contributed by atoms with Gasteiger partial charge in [-0.25, -0.2) is 13.4 Å². The molecule has 184 valence electrons. The molecule has 36 heavy (non-hydrogen) atoms. The summed E-state index contributed by atoms with van der Waals surface area (Å²) in [7, 11) is -3.51. The molecule has 13 heteroatoms. The Hall–Kier alpha value is -3.68. The fraction of sp³-hybridized carbons (Fsp3) is 0.174. The molecule has 3 heterocycles. The topological polar surface area (TPSA) is 143 Å². The number of fused-ring (bicyclic) bond motifs is 1. The van der Waals surface area contributed by atoms with Crippen LogP contribution in [0.5, 0.6) is 0 Å². The van der Waals surface area contributed by atoms with Crippen LogP contribution in [0.2, 0.25) is 0 Å². The highest BCUT2D eigenvalue weighted by atomic mass is 79.9. The Balaban J connectivity index is 1.45. The first kappa shape index (κ1) is 24.0. The average Bonchev–Trinajstić information content (AvgIpc) is 3.42. The number of hydrogen-bond donors (Lipinski definition) is 2. The van der Waals surface area contributed by atoms with Gasteiger partial charge in [-0.3, -0.25) is 15.1 Å². The SMILES string of the molecule is O=[N+]([O-])c1ccc(Nc2nc(Nc3ccc(S(=O)(=O)N4CCCC4)cc3)c3cncc(Br)c3n2)cc1. The molecular weight excluding hydrogens is 550 g/mol. The first-order valence-electron chi connectivity index (χ1n) is 11.0. The van der Waals surface area contributed by atoms with Crippen molar-refractivity contribution >= 4 is 65.7 Å². The third-order valence-corrected chi connectivity index (χ3v) is 8.21. The van der Waals surface area contributed by atoms with Crippen LogP contribution >= 0.6 is 15.9 Å². The van der Waals surface area contributed by atoms with Crippen molar-refractivity contribution in [3.8, 4) is 0 Å². The summed E-state index contributed by atoms with van der Waals surface area (Å²) in [6.45, 7) is 1.09. The van der Waals surface area contributed by atoms with Crippen LogP contribution in [0.3, 0.4) is 0 Å². The van der Waals surface area contributed by atoms with Gasteiger partial charge in [-0.15, -0.1) is 0 Å². The Morgan fingerprint density at radius 2 is 1.56 bits per heavy atom. The predicted octanol–water partition coefficient (Wildman–Crippen LogP) is 4.97. The molecule has 4 aromatic rings. The maximum Gasteiger partial charge on any atom is 0.269 e. The summed E-state index contributed by atoms with van der Waals surface area (Å²) in [4.78, 5) is 24.0. The van der Waals surface area contributed by atoms with E-state index in [2.05, 4.69) is 41.5 Å². The number of rotatable bonds is 7. The van der Waals surface area contributed by atoms with Gasteiger partial charge >= 0.3 is 0 Å². The highest BCUT2D eigenvalue weighted by molar-refractivity contribution is 9.10. The van der Waals surface area contributed by atoms with Gasteiger partial charge in [-0.05, 0) is 65.2 Å². The smallest absolute Gasteiger partial charge is 0.269 e. The van der Waals surface area contributed by atoms with Crippen molar-refractivity contribution in [2.45, 2.75) is 17.7 Å². The summed E-state index contributed by atoms with van der Waals surface area (Å²) in [6, 6.07) is 12.4. The molecule has 2 aromatic heterocycles. The number of halogens is 1. The Kier molecular flexibility index (Phi) is 6.51. The summed E-state index contributed by atoms with van der Waals surface area (Å²) in [5.41, 5.74) is 1.79. The maximum absolute atomic E-state index is 12.8. The number of sulfonamides is 1. The molecule has 1 saturated heterocycles. The normalized spacial score (nSPS) is 14.1. The summed E-state index contributed by atoms with van der Waals surface area (Å²) in [5, 5.41) is 17.9. The molecule has 5 rings (SSSR count). The number of nitrogens with zero attached hydrogens (tertiary/aromatic N) is 5. The minimum absolute atomic E-state index is 0.0219. The van der Waals surface area contributed by atoms with Gasteiger partial charge in [0.25, 0.3) is 5.69 Å². The van der Waals surface area contributed by atoms with Crippen LogP contribution < -0.4 is 10.6 Å². The van der Waals surface area contributed by atoms with Gasteiger partial charge < -0.3 is 10.6 Å². The fourth-order valence-corrected chi connectivity index (χ4v) is 5.82. The molecular formula is C23H20BrN7O4S. The van der Waals surface area contributed by atoms with E-state index in [-0.39, 0.29) is 16.5 Å². The van der Waals surface area contributed by atoms with Gasteiger partial charge in [0.15, 0.2) is 0 Å². The molecule has 1 fully saturated rings. The summed E-state index contributed by atoms with van der Waals surface area (Å²) < 4.78 is 27.8. The first-order chi connectivity index (χ1) is 17.3. The van der Waals surface area contributed by atoms with E-state index in [9.17, 15) is 18.5 Å². The van der Waals surface area contributed by atoms with E-state index < -0.39 is 14.9 Å². The van der Waals surface area contributed by atoms with Gasteiger partial charge in [0.2, 0.25) is 16.0 Å². The summed E-state index contributed by atoms with van der Waals surface area (Å²) in [6.07, 6.45) is 5.00. The molecule has 0 amide bonds. The Bertz CT molecular complexity index is 1540. The predicted molar refractivity (Wildman–Crippen MR) is 139 cm³/mol. The van der Waals surface area contributed by atoms with Crippen molar-refractivity contribution in [2.75, 3.05) is 23.7 Å². The van der Waals surface area contributed by atoms with Crippen LogP contribution in [0.25, 0.3) is 10.9 Å². The van der Waals surface area contributed by atoms with E-state index in [1.54, 1.807) is 48.8 Å². The van der Waals surface area contributed by atoms with E-state index in [0.717, 1.165) is 12.8 Å². The summed E-state index contributed by atoms with van der Waals surface area (Å²) in [5.74, 6) is 0.715. The quantitative estimate of drug-likeness (QED) is 0.233. The van der Waals surface area contributed by atoms with Crippen LogP contribution in [-0.2, 0) is 10.0 Å². The third kappa shape index (κ3) is 4.85. The van der Waals surface area contributed by atoms with E-state index in [4.69, 9.17) is 0 Å². The standard InChI is InChI=1S/C23H20BrN7O4S/c24-20-14-25-13-19-21(20)28-23(27-16-3-7-17(8-4-16)31(32)33)29-22(19)26-15-5-9-18(10-6-15)36(34,35)30-11-1-2-12-30/h3-10,13-14H,1-2,11-12H2,(H2,26,27,28,29). The highest BCUT2D eigenvalue weighted by Crippen LogP contribution is 2.31. The number of nitro groups is 1. The zero-order valence-corrected chi connectivity index (χ0v) is 21.2. The van der Waals surface area contributed by atoms with Crippen molar-refractivity contribution in [3.63, 3.8) is 0 Å². The Labute approximate surface area is 214 Å². The van der Waals surface area contributed by atoms with Gasteiger partial charge in [-0.2, -0.15) is 9.29 Å². The zero-order valence-electron chi connectivity index (χ0n) is 18.8. The molecule has 2 aromatic carbocycles. The second-order valence-electron chi connectivity index (χ2n) is 8.10. The lowest BCUT2D eigenvalue weighted by Gasteiger charge is -2.16. The molecule has 1 aliphatic heterocycles. The fourth-order valence-electron chi connectivity index (χ4n) is 3.88. The lowest BCUT2D eigenvalue weighted by atomic mass is 10.2. The van der Waals surface area contributed by atoms with Crippen molar-refractivity contribution in [1.29, 1.82) is 0 Å². The Morgan fingerprint density at radius 1 is 0.917 bits per heavy atom. The van der Waals surface area contributed by atoms with Gasteiger partial charge in [-0.1, -0.05) is 0 Å². The second-order valence-corrected chi connectivity index (χ2v) is 10.9. The van der Waals surface area contributed by atoms with E-state index in [1.165, 1.54) is 16.4 Å². The monoisotopic (exact) mass is 569 g/mol. The molecule has 1 aliphatic rings. The number of benzene rings is 2. The van der Waals surface area contributed by atoms with Crippen LogP contribution in [0.15, 0.2) is 70.3 Å². The van der Waals surface area contributed by atoms with Crippen molar-refractivity contribution in [1.82, 2.24) is 19.3 Å². The molecule has 0 radical (unpaired) electrons. The van der Waals surface area contributed by atoms with Crippen LogP contribution in [-0.4, -0.2) is 45.7 Å². The van der Waals surface area contributed by atoms with Crippen molar-refractivity contribution < 1.29 is 13.3 Å². The van der Waals surface area contributed by atoms with Crippen molar-refractivity contribution in [3.05, 3.63) is 75.5 Å². The molecule has 2 N–H and O–H groups in total. The minimum Gasteiger partial charge on any atom is -0.340 e. The average molecular weight is 570 g/mol. The van der Waals surface area contributed by atoms with Crippen LogP contribution in [0.4, 0.5) is 28.8 Å². The highest BCUT2D eigenvalue weighted by Gasteiger charge is 2.27. The molecule has 0 saturated carbocycles. The zero-order chi connectivity index (χ0) is 25.3. The number of pyridine rings is 1. The number of hydrogen-bond acceptors (Lipinski definition) is 9. The third-order valence-electron chi connectivity index (χ3n) is 5.72. The number of non-ortho nitro benzene ring substituents is 1. The molecule has 0 aliphatic carbocycles. The largest absolute Gasteiger partial charge is 0.340 e.